The molecule has 2 aliphatic heterocycles. The number of aromatic amines is 1. The van der Waals surface area contributed by atoms with E-state index in [9.17, 15) is 14.7 Å². The number of hydrogen-bond acceptors (Lipinski definition) is 5. The number of para-hydroxylation sites is 3. The lowest BCUT2D eigenvalue weighted by Crippen LogP contribution is -2.53. The van der Waals surface area contributed by atoms with Crippen molar-refractivity contribution in [3.05, 3.63) is 113 Å². The lowest BCUT2D eigenvalue weighted by atomic mass is 9.83. The van der Waals surface area contributed by atoms with Crippen molar-refractivity contribution in [3.63, 3.8) is 0 Å². The number of rotatable bonds is 8. The number of aromatic nitrogens is 2. The fraction of sp³-hybridized carbons (Fsp3) is 0.312. The Morgan fingerprint density at radius 2 is 1.70 bits per heavy atom. The van der Waals surface area contributed by atoms with E-state index in [1.165, 1.54) is 5.69 Å². The topological polar surface area (TPSA) is 84.8 Å². The van der Waals surface area contributed by atoms with E-state index in [4.69, 9.17) is 0 Å². The summed E-state index contributed by atoms with van der Waals surface area (Å²) < 4.78 is 1.84. The Bertz CT molecular complexity index is 1580. The zero-order valence-corrected chi connectivity index (χ0v) is 22.6. The molecule has 0 aliphatic carbocycles. The van der Waals surface area contributed by atoms with Gasteiger partial charge < -0.3 is 24.8 Å². The van der Waals surface area contributed by atoms with E-state index in [1.54, 1.807) is 12.1 Å². The molecule has 2 aliphatic rings. The highest BCUT2D eigenvalue weighted by Crippen LogP contribution is 2.45. The lowest BCUT2D eigenvalue weighted by Gasteiger charge is -2.45. The van der Waals surface area contributed by atoms with Crippen molar-refractivity contribution in [2.75, 3.05) is 31.2 Å². The minimum Gasteiger partial charge on any atom is -0.478 e. The first-order valence-corrected chi connectivity index (χ1v) is 13.9. The summed E-state index contributed by atoms with van der Waals surface area (Å²) in [5.74, 6) is -0.911. The summed E-state index contributed by atoms with van der Waals surface area (Å²) in [6.45, 7) is 9.47. The molecule has 8 heteroatoms. The molecule has 8 nitrogen and oxygen atoms in total. The molecule has 2 saturated heterocycles. The smallest absolute Gasteiger partial charge is 0.335 e. The Morgan fingerprint density at radius 3 is 2.48 bits per heavy atom. The Labute approximate surface area is 233 Å². The van der Waals surface area contributed by atoms with Crippen LogP contribution in [0.25, 0.3) is 11.0 Å². The molecule has 0 saturated carbocycles. The van der Waals surface area contributed by atoms with Crippen molar-refractivity contribution in [1.29, 1.82) is 0 Å². The van der Waals surface area contributed by atoms with Gasteiger partial charge in [0.2, 0.25) is 0 Å². The van der Waals surface area contributed by atoms with Crippen LogP contribution in [0.2, 0.25) is 0 Å². The highest BCUT2D eigenvalue weighted by atomic mass is 16.4. The van der Waals surface area contributed by atoms with E-state index in [2.05, 4.69) is 50.5 Å². The molecular weight excluding hydrogens is 502 g/mol. The predicted molar refractivity (Wildman–Crippen MR) is 157 cm³/mol. The number of fused-ring (bicyclic) bond motifs is 1. The second kappa shape index (κ2) is 10.7. The number of nitrogens with zero attached hydrogens (tertiary/aromatic N) is 4. The van der Waals surface area contributed by atoms with E-state index < -0.39 is 5.97 Å². The zero-order chi connectivity index (χ0) is 27.7. The molecule has 1 spiro atoms. The number of benzene rings is 3. The van der Waals surface area contributed by atoms with Gasteiger partial charge in [-0.1, -0.05) is 49.0 Å². The molecule has 2 fully saturated rings. The third-order valence-corrected chi connectivity index (χ3v) is 8.58. The van der Waals surface area contributed by atoms with Crippen LogP contribution in [0, 0.1) is 0 Å². The summed E-state index contributed by atoms with van der Waals surface area (Å²) in [7, 11) is 0. The number of likely N-dealkylation sites (tertiary alicyclic amines) is 1. The lowest BCUT2D eigenvalue weighted by molar-refractivity contribution is 0.0696. The van der Waals surface area contributed by atoms with Crippen LogP contribution in [0.15, 0.2) is 95.9 Å². The maximum Gasteiger partial charge on any atom is 0.335 e. The second-order valence-corrected chi connectivity index (χ2v) is 10.9. The molecule has 0 radical (unpaired) electrons. The zero-order valence-electron chi connectivity index (χ0n) is 22.6. The van der Waals surface area contributed by atoms with E-state index in [0.29, 0.717) is 25.3 Å². The molecule has 40 heavy (non-hydrogen) atoms. The van der Waals surface area contributed by atoms with E-state index >= 15 is 0 Å². The summed E-state index contributed by atoms with van der Waals surface area (Å²) in [5, 5.41) is 9.45. The first kappa shape index (κ1) is 26.0. The normalized spacial score (nSPS) is 17.2. The van der Waals surface area contributed by atoms with E-state index in [0.717, 1.165) is 61.2 Å². The van der Waals surface area contributed by atoms with Gasteiger partial charge in [0.05, 0.1) is 28.8 Å². The molecular formula is C32H35N5O3. The van der Waals surface area contributed by atoms with E-state index in [1.807, 2.05) is 47.0 Å². The van der Waals surface area contributed by atoms with Crippen molar-refractivity contribution in [2.45, 2.75) is 37.9 Å². The van der Waals surface area contributed by atoms with Crippen LogP contribution in [0.4, 0.5) is 5.69 Å². The first-order valence-electron chi connectivity index (χ1n) is 13.9. The maximum absolute atomic E-state index is 12.5. The Kier molecular flexibility index (Phi) is 6.94. The SMILES string of the molecule is C=C1N(Cc2cccc(C(=O)O)c2)CN(c2ccccc2)C12CCN(CCCn1c(=O)[nH]c3ccccc31)CC2. The van der Waals surface area contributed by atoms with Crippen molar-refractivity contribution in [1.82, 2.24) is 19.4 Å². The minimum absolute atomic E-state index is 0.0477. The van der Waals surface area contributed by atoms with Gasteiger partial charge >= 0.3 is 11.7 Å². The molecule has 0 amide bonds. The molecule has 206 valence electrons. The fourth-order valence-electron chi connectivity index (χ4n) is 6.43. The molecule has 0 bridgehead atoms. The molecule has 0 unspecified atom stereocenters. The summed E-state index contributed by atoms with van der Waals surface area (Å²) in [4.78, 5) is 34.2. The molecule has 6 rings (SSSR count). The number of hydrogen-bond donors (Lipinski definition) is 2. The van der Waals surface area contributed by atoms with Crippen LogP contribution in [0.3, 0.4) is 0 Å². The van der Waals surface area contributed by atoms with Crippen LogP contribution in [-0.4, -0.2) is 62.3 Å². The van der Waals surface area contributed by atoms with Crippen LogP contribution in [-0.2, 0) is 13.1 Å². The minimum atomic E-state index is -0.911. The number of carboxylic acid groups (broad SMARTS) is 1. The summed E-state index contributed by atoms with van der Waals surface area (Å²) >= 11 is 0. The van der Waals surface area contributed by atoms with Crippen molar-refractivity contribution in [3.8, 4) is 0 Å². The van der Waals surface area contributed by atoms with Gasteiger partial charge in [0.15, 0.2) is 0 Å². The number of aromatic carboxylic acids is 1. The van der Waals surface area contributed by atoms with Gasteiger partial charge in [-0.3, -0.25) is 4.57 Å². The first-order chi connectivity index (χ1) is 19.4. The second-order valence-electron chi connectivity index (χ2n) is 10.9. The monoisotopic (exact) mass is 537 g/mol. The molecule has 0 atom stereocenters. The number of carboxylic acids is 1. The quantitative estimate of drug-likeness (QED) is 0.338. The third kappa shape index (κ3) is 4.79. The van der Waals surface area contributed by atoms with Gasteiger partial charge in [-0.2, -0.15) is 0 Å². The third-order valence-electron chi connectivity index (χ3n) is 8.58. The average Bonchev–Trinajstić information content (AvgIpc) is 3.43. The Morgan fingerprint density at radius 1 is 0.950 bits per heavy atom. The molecule has 1 aromatic heterocycles. The summed E-state index contributed by atoms with van der Waals surface area (Å²) in [6.07, 6.45) is 2.82. The molecule has 4 aromatic rings. The van der Waals surface area contributed by atoms with Gasteiger partial charge in [0.1, 0.15) is 0 Å². The number of piperidine rings is 1. The maximum atomic E-state index is 12.5. The fourth-order valence-corrected chi connectivity index (χ4v) is 6.43. The summed E-state index contributed by atoms with van der Waals surface area (Å²) in [5.41, 5.74) is 5.16. The van der Waals surface area contributed by atoms with Crippen LogP contribution in [0.5, 0.6) is 0 Å². The standard InChI is InChI=1S/C32H35N5O3/c1-24-32(15-19-34(20-16-32)17-8-18-36-29-14-6-5-13-28(29)33-31(36)40)37(27-11-3-2-4-12-27)23-35(24)22-25-9-7-10-26(21-25)30(38)39/h2-7,9-14,21H,1,8,15-20,22-23H2,(H,33,40)(H,38,39). The number of imidazole rings is 1. The Balaban J connectivity index is 1.15. The van der Waals surface area contributed by atoms with Crippen LogP contribution in [0.1, 0.15) is 35.2 Å². The van der Waals surface area contributed by atoms with Crippen LogP contribution < -0.4 is 10.6 Å². The molecule has 2 N–H and O–H groups in total. The van der Waals surface area contributed by atoms with Crippen molar-refractivity contribution < 1.29 is 9.90 Å². The number of anilines is 1. The van der Waals surface area contributed by atoms with Crippen molar-refractivity contribution >= 4 is 22.7 Å². The molecule has 3 aromatic carbocycles. The largest absolute Gasteiger partial charge is 0.478 e. The molecule has 3 heterocycles. The highest BCUT2D eigenvalue weighted by Gasteiger charge is 2.49. The Hall–Kier alpha value is -4.30. The highest BCUT2D eigenvalue weighted by molar-refractivity contribution is 5.87. The van der Waals surface area contributed by atoms with Crippen LogP contribution >= 0.6 is 0 Å². The van der Waals surface area contributed by atoms with Gasteiger partial charge in [-0.25, -0.2) is 9.59 Å². The number of carbonyl (C=O) groups is 1. The number of H-pyrrole nitrogens is 1. The van der Waals surface area contributed by atoms with Gasteiger partial charge in [0, 0.05) is 37.6 Å². The summed E-state index contributed by atoms with van der Waals surface area (Å²) in [6, 6.07) is 25.5. The number of nitrogens with one attached hydrogen (secondary N) is 1. The van der Waals surface area contributed by atoms with Gasteiger partial charge in [0.25, 0.3) is 0 Å². The van der Waals surface area contributed by atoms with Crippen molar-refractivity contribution in [2.24, 2.45) is 0 Å². The average molecular weight is 538 g/mol. The van der Waals surface area contributed by atoms with Gasteiger partial charge in [-0.05, 0) is 67.8 Å². The van der Waals surface area contributed by atoms with E-state index in [-0.39, 0.29) is 11.2 Å². The predicted octanol–water partition coefficient (Wildman–Crippen LogP) is 4.75. The number of aryl methyl sites for hydroxylation is 1. The van der Waals surface area contributed by atoms with Gasteiger partial charge in [-0.15, -0.1) is 0 Å².